The van der Waals surface area contributed by atoms with Crippen LogP contribution in [0.15, 0.2) is 42.6 Å². The van der Waals surface area contributed by atoms with Gasteiger partial charge >= 0.3 is 0 Å². The van der Waals surface area contributed by atoms with Crippen LogP contribution in [0.3, 0.4) is 0 Å². The van der Waals surface area contributed by atoms with Gasteiger partial charge in [0.15, 0.2) is 0 Å². The number of pyridine rings is 1. The molecule has 4 rings (SSSR count). The molecule has 3 heterocycles. The summed E-state index contributed by atoms with van der Waals surface area (Å²) in [6, 6.07) is 9.12. The van der Waals surface area contributed by atoms with E-state index in [1.54, 1.807) is 12.1 Å². The Bertz CT molecular complexity index is 1440. The molecular weight excluding hydrogens is 505 g/mol. The number of aryl methyl sites for hydroxylation is 1. The number of benzene rings is 1. The van der Waals surface area contributed by atoms with E-state index in [9.17, 15) is 27.5 Å². The molecule has 198 valence electrons. The highest BCUT2D eigenvalue weighted by atomic mass is 32.2. The number of hydrogen-bond acceptors (Lipinski definition) is 7. The predicted molar refractivity (Wildman–Crippen MR) is 133 cm³/mol. The molecule has 1 saturated heterocycles. The first kappa shape index (κ1) is 26.5. The van der Waals surface area contributed by atoms with Gasteiger partial charge in [0, 0.05) is 41.3 Å². The van der Waals surface area contributed by atoms with Crippen LogP contribution >= 0.6 is 0 Å². The summed E-state index contributed by atoms with van der Waals surface area (Å²) in [6.07, 6.45) is -0.722. The highest BCUT2D eigenvalue weighted by Gasteiger charge is 2.39. The average Bonchev–Trinajstić information content (AvgIpc) is 3.38. The monoisotopic (exact) mass is 533 g/mol. The number of rotatable bonds is 9. The Balaban J connectivity index is 1.56. The number of halogens is 1. The van der Waals surface area contributed by atoms with Crippen molar-refractivity contribution in [2.24, 2.45) is 10.9 Å². The molecule has 1 aliphatic heterocycles. The molecule has 0 radical (unpaired) electrons. The van der Waals surface area contributed by atoms with E-state index in [0.717, 1.165) is 5.69 Å². The quantitative estimate of drug-likeness (QED) is 0.362. The minimum Gasteiger partial charge on any atom is -0.476 e. The van der Waals surface area contributed by atoms with Crippen LogP contribution in [0.4, 0.5) is 4.39 Å². The number of nitrogens with zero attached hydrogens (tertiary/aromatic N) is 3. The van der Waals surface area contributed by atoms with E-state index in [4.69, 9.17) is 15.6 Å². The van der Waals surface area contributed by atoms with Crippen LogP contribution in [0.2, 0.25) is 0 Å². The van der Waals surface area contributed by atoms with Crippen molar-refractivity contribution in [3.8, 4) is 5.75 Å². The van der Waals surface area contributed by atoms with Gasteiger partial charge in [-0.3, -0.25) is 14.6 Å². The third-order valence-electron chi connectivity index (χ3n) is 6.23. The summed E-state index contributed by atoms with van der Waals surface area (Å²) < 4.78 is 43.5. The second-order valence-electron chi connectivity index (χ2n) is 9.13. The van der Waals surface area contributed by atoms with Crippen LogP contribution in [0.1, 0.15) is 28.2 Å². The Labute approximate surface area is 212 Å². The smallest absolute Gasteiger partial charge is 0.250 e. The lowest BCUT2D eigenvalue weighted by Crippen LogP contribution is -2.45. The fourth-order valence-electron chi connectivity index (χ4n) is 4.61. The van der Waals surface area contributed by atoms with Crippen molar-refractivity contribution in [2.75, 3.05) is 12.5 Å². The lowest BCUT2D eigenvalue weighted by Gasteiger charge is -2.28. The van der Waals surface area contributed by atoms with Crippen molar-refractivity contribution in [2.45, 2.75) is 44.6 Å². The van der Waals surface area contributed by atoms with E-state index in [2.05, 4.69) is 4.98 Å². The summed E-state index contributed by atoms with van der Waals surface area (Å²) in [7, 11) is -3.89. The van der Waals surface area contributed by atoms with Gasteiger partial charge in [-0.1, -0.05) is 6.07 Å². The molecule has 0 bridgehead atoms. The number of alkyl halides is 1. The Morgan fingerprint density at radius 2 is 2.05 bits per heavy atom. The lowest BCUT2D eigenvalue weighted by atomic mass is 10.0. The maximum absolute atomic E-state index is 14.4. The van der Waals surface area contributed by atoms with E-state index in [0.29, 0.717) is 16.6 Å². The molecule has 1 aliphatic rings. The molecule has 11 nitrogen and oxygen atoms in total. The number of primary sulfonamides is 1. The molecule has 1 fully saturated rings. The number of aliphatic hydroxyl groups is 1. The molecule has 0 aliphatic carbocycles. The topological polar surface area (TPSA) is 171 Å². The number of likely N-dealkylation sites (tertiary alicyclic amines) is 1. The molecular formula is C24H28FN5O6S. The van der Waals surface area contributed by atoms with Gasteiger partial charge in [0.2, 0.25) is 21.9 Å². The zero-order chi connectivity index (χ0) is 26.9. The van der Waals surface area contributed by atoms with Gasteiger partial charge in [0.05, 0.1) is 24.3 Å². The van der Waals surface area contributed by atoms with Crippen molar-refractivity contribution < 1.29 is 32.2 Å². The van der Waals surface area contributed by atoms with E-state index in [-0.39, 0.29) is 37.2 Å². The summed E-state index contributed by atoms with van der Waals surface area (Å²) >= 11 is 0. The maximum atomic E-state index is 14.4. The number of aromatic nitrogens is 2. The van der Waals surface area contributed by atoms with Gasteiger partial charge in [0.1, 0.15) is 18.5 Å². The summed E-state index contributed by atoms with van der Waals surface area (Å²) in [6.45, 7) is 1.44. The molecule has 5 N–H and O–H groups in total. The molecule has 3 atom stereocenters. The van der Waals surface area contributed by atoms with Crippen LogP contribution in [-0.2, 0) is 27.8 Å². The Morgan fingerprint density at radius 3 is 2.73 bits per heavy atom. The standard InChI is InChI=1S/C24H28FN5O6S/c1-14-3-2-4-16(28-14)8-22(31)21-7-15(25)10-30(21)23(32)12-29-11-19(24(26)33)18-9-17(5-6-20(18)29)36-13-37(27,34)35/h2-6,9,11,15,21-22,31H,7-8,10,12-13H2,1H3,(H2,26,33)(H2,27,34,35)/t15-,21+,22+/m1/s1. The van der Waals surface area contributed by atoms with E-state index >= 15 is 0 Å². The largest absolute Gasteiger partial charge is 0.476 e. The summed E-state index contributed by atoms with van der Waals surface area (Å²) in [5, 5.41) is 16.2. The fourth-order valence-corrected chi connectivity index (χ4v) is 4.91. The zero-order valence-electron chi connectivity index (χ0n) is 20.1. The minimum atomic E-state index is -3.89. The first-order valence-electron chi connectivity index (χ1n) is 11.5. The molecule has 0 spiro atoms. The summed E-state index contributed by atoms with van der Waals surface area (Å²) in [4.78, 5) is 31.0. The summed E-state index contributed by atoms with van der Waals surface area (Å²) in [5.74, 6) is -1.82. The molecule has 1 aromatic carbocycles. The van der Waals surface area contributed by atoms with Crippen LogP contribution in [0.5, 0.6) is 5.75 Å². The van der Waals surface area contributed by atoms with Gasteiger partial charge in [-0.2, -0.15) is 0 Å². The van der Waals surface area contributed by atoms with Gasteiger partial charge in [-0.15, -0.1) is 0 Å². The van der Waals surface area contributed by atoms with E-state index in [1.165, 1.54) is 27.8 Å². The number of aliphatic hydroxyl groups excluding tert-OH is 1. The molecule has 2 aromatic heterocycles. The van der Waals surface area contributed by atoms with Crippen molar-refractivity contribution in [1.82, 2.24) is 14.5 Å². The molecule has 3 aromatic rings. The van der Waals surface area contributed by atoms with Gasteiger partial charge in [0.25, 0.3) is 5.91 Å². The highest BCUT2D eigenvalue weighted by Crippen LogP contribution is 2.28. The summed E-state index contributed by atoms with van der Waals surface area (Å²) in [5.41, 5.74) is 7.50. The third kappa shape index (κ3) is 6.24. The number of amides is 2. The second kappa shape index (κ2) is 10.4. The zero-order valence-corrected chi connectivity index (χ0v) is 20.9. The fraction of sp³-hybridized carbons (Fsp3) is 0.375. The lowest BCUT2D eigenvalue weighted by molar-refractivity contribution is -0.134. The number of ether oxygens (including phenoxy) is 1. The average molecular weight is 534 g/mol. The molecule has 37 heavy (non-hydrogen) atoms. The maximum Gasteiger partial charge on any atom is 0.250 e. The Hall–Kier alpha value is -3.55. The second-order valence-corrected chi connectivity index (χ2v) is 10.7. The predicted octanol–water partition coefficient (Wildman–Crippen LogP) is 0.611. The van der Waals surface area contributed by atoms with Gasteiger partial charge in [-0.25, -0.2) is 17.9 Å². The van der Waals surface area contributed by atoms with Crippen LogP contribution in [0, 0.1) is 6.92 Å². The normalized spacial score (nSPS) is 18.8. The number of carbonyl (C=O) groups excluding carboxylic acids is 2. The van der Waals surface area contributed by atoms with Crippen LogP contribution < -0.4 is 15.6 Å². The van der Waals surface area contributed by atoms with Crippen LogP contribution in [0.25, 0.3) is 10.9 Å². The molecule has 0 unspecified atom stereocenters. The van der Waals surface area contributed by atoms with Crippen LogP contribution in [-0.4, -0.2) is 70.6 Å². The van der Waals surface area contributed by atoms with E-state index < -0.39 is 46.1 Å². The van der Waals surface area contributed by atoms with Crippen molar-refractivity contribution in [1.29, 1.82) is 0 Å². The number of carbonyl (C=O) groups is 2. The number of sulfonamides is 1. The first-order valence-corrected chi connectivity index (χ1v) is 13.2. The van der Waals surface area contributed by atoms with Gasteiger partial charge in [-0.05, 0) is 37.3 Å². The number of hydrogen-bond donors (Lipinski definition) is 3. The highest BCUT2D eigenvalue weighted by molar-refractivity contribution is 7.88. The van der Waals surface area contributed by atoms with E-state index in [1.807, 2.05) is 19.1 Å². The molecule has 13 heteroatoms. The van der Waals surface area contributed by atoms with Crippen molar-refractivity contribution >= 4 is 32.7 Å². The third-order valence-corrected chi connectivity index (χ3v) is 6.68. The van der Waals surface area contributed by atoms with Crippen molar-refractivity contribution in [3.63, 3.8) is 0 Å². The molecule has 0 saturated carbocycles. The number of fused-ring (bicyclic) bond motifs is 1. The number of primary amides is 1. The number of nitrogens with two attached hydrogens (primary N) is 2. The first-order chi connectivity index (χ1) is 17.4. The minimum absolute atomic E-state index is 0.00241. The van der Waals surface area contributed by atoms with Crippen molar-refractivity contribution in [3.05, 3.63) is 59.5 Å². The Kier molecular flexibility index (Phi) is 7.48. The SMILES string of the molecule is Cc1cccc(C[C@H](O)[C@@H]2C[C@@H](F)CN2C(=O)Cn2cc(C(N)=O)c3cc(OCS(N)(=O)=O)ccc32)n1. The molecule has 2 amide bonds. The Morgan fingerprint density at radius 1 is 1.30 bits per heavy atom. The van der Waals surface area contributed by atoms with Gasteiger partial charge < -0.3 is 25.0 Å².